The summed E-state index contributed by atoms with van der Waals surface area (Å²) >= 11 is 0. The maximum Gasteiger partial charge on any atom is 0.316 e. The number of nitrogens with zero attached hydrogens (tertiary/aromatic N) is 1. The molecule has 0 radical (unpaired) electrons. The minimum absolute atomic E-state index is 0.146. The van der Waals surface area contributed by atoms with E-state index < -0.39 is 5.41 Å². The van der Waals surface area contributed by atoms with Crippen molar-refractivity contribution in [2.45, 2.75) is 39.7 Å². The summed E-state index contributed by atoms with van der Waals surface area (Å²) in [4.78, 5) is 14.5. The zero-order valence-electron chi connectivity index (χ0n) is 19.6. The fourth-order valence-corrected chi connectivity index (χ4v) is 4.05. The zero-order valence-corrected chi connectivity index (χ0v) is 19.6. The molecule has 5 nitrogen and oxygen atoms in total. The van der Waals surface area contributed by atoms with E-state index in [1.807, 2.05) is 39.0 Å². The molecule has 0 aliphatic carbocycles. The standard InChI is InChI=1S/C27H32FNO4/c1-27(2,3)26(30)33-21-9-10-24-23(12-16-31-25(24)17-21)19-5-7-20(8-6-19)32-22-11-15-29(18-22)14-4-13-28/h5-10,12,17,22H,4,11,13-16,18H2,1-3H3. The summed E-state index contributed by atoms with van der Waals surface area (Å²) in [6, 6.07) is 13.6. The van der Waals surface area contributed by atoms with Gasteiger partial charge in [-0.05, 0) is 75.1 Å². The van der Waals surface area contributed by atoms with Crippen LogP contribution in [-0.2, 0) is 4.79 Å². The number of esters is 1. The lowest BCUT2D eigenvalue weighted by Crippen LogP contribution is -2.26. The summed E-state index contributed by atoms with van der Waals surface area (Å²) in [7, 11) is 0. The number of hydrogen-bond acceptors (Lipinski definition) is 5. The molecule has 2 aliphatic heterocycles. The smallest absolute Gasteiger partial charge is 0.316 e. The van der Waals surface area contributed by atoms with E-state index in [4.69, 9.17) is 14.2 Å². The molecule has 0 amide bonds. The number of rotatable bonds is 7. The number of carbonyl (C=O) groups excluding carboxylic acids is 1. The van der Waals surface area contributed by atoms with E-state index in [1.54, 1.807) is 12.1 Å². The van der Waals surface area contributed by atoms with Gasteiger partial charge in [0, 0.05) is 31.3 Å². The van der Waals surface area contributed by atoms with E-state index in [2.05, 4.69) is 23.1 Å². The predicted octanol–water partition coefficient (Wildman–Crippen LogP) is 5.27. The van der Waals surface area contributed by atoms with Crippen molar-refractivity contribution in [3.63, 3.8) is 0 Å². The lowest BCUT2D eigenvalue weighted by molar-refractivity contribution is -0.143. The Morgan fingerprint density at radius 3 is 2.64 bits per heavy atom. The minimum atomic E-state index is -0.573. The molecule has 33 heavy (non-hydrogen) atoms. The Labute approximate surface area is 195 Å². The van der Waals surface area contributed by atoms with E-state index in [9.17, 15) is 9.18 Å². The Balaban J connectivity index is 1.42. The lowest BCUT2D eigenvalue weighted by atomic mass is 9.95. The monoisotopic (exact) mass is 453 g/mol. The van der Waals surface area contributed by atoms with Crippen LogP contribution in [-0.4, -0.2) is 49.9 Å². The largest absolute Gasteiger partial charge is 0.489 e. The third-order valence-corrected chi connectivity index (χ3v) is 5.90. The van der Waals surface area contributed by atoms with Crippen LogP contribution in [0.3, 0.4) is 0 Å². The van der Waals surface area contributed by atoms with Crippen LogP contribution in [0.25, 0.3) is 5.57 Å². The van der Waals surface area contributed by atoms with Crippen molar-refractivity contribution in [1.82, 2.24) is 4.90 Å². The van der Waals surface area contributed by atoms with E-state index in [1.165, 1.54) is 0 Å². The van der Waals surface area contributed by atoms with E-state index in [0.717, 1.165) is 48.5 Å². The Morgan fingerprint density at radius 2 is 1.91 bits per heavy atom. The number of carbonyl (C=O) groups is 1. The summed E-state index contributed by atoms with van der Waals surface area (Å²) in [6.45, 7) is 8.27. The number of ether oxygens (including phenoxy) is 3. The van der Waals surface area contributed by atoms with Gasteiger partial charge in [0.05, 0.1) is 12.1 Å². The average molecular weight is 454 g/mol. The predicted molar refractivity (Wildman–Crippen MR) is 127 cm³/mol. The SMILES string of the molecule is CC(C)(C)C(=O)Oc1ccc2c(c1)OCC=C2c1ccc(OC2CCN(CCCF)C2)cc1. The summed E-state index contributed by atoms with van der Waals surface area (Å²) in [5.74, 6) is 1.74. The van der Waals surface area contributed by atoms with Crippen molar-refractivity contribution >= 4 is 11.5 Å². The van der Waals surface area contributed by atoms with Crippen LogP contribution in [0.15, 0.2) is 48.5 Å². The van der Waals surface area contributed by atoms with Crippen LogP contribution < -0.4 is 14.2 Å². The van der Waals surface area contributed by atoms with Gasteiger partial charge >= 0.3 is 5.97 Å². The van der Waals surface area contributed by atoms with E-state index in [-0.39, 0.29) is 18.7 Å². The van der Waals surface area contributed by atoms with Gasteiger partial charge in [-0.3, -0.25) is 14.1 Å². The van der Waals surface area contributed by atoms with Crippen molar-refractivity contribution in [3.05, 3.63) is 59.7 Å². The first kappa shape index (κ1) is 23.3. The van der Waals surface area contributed by atoms with Gasteiger partial charge in [0.25, 0.3) is 0 Å². The molecule has 4 rings (SSSR count). The highest BCUT2D eigenvalue weighted by atomic mass is 19.1. The van der Waals surface area contributed by atoms with Crippen LogP contribution in [0.4, 0.5) is 4.39 Å². The molecular weight excluding hydrogens is 421 g/mol. The molecule has 1 fully saturated rings. The molecule has 2 aromatic rings. The fourth-order valence-electron chi connectivity index (χ4n) is 4.05. The molecule has 0 bridgehead atoms. The van der Waals surface area contributed by atoms with E-state index >= 15 is 0 Å². The van der Waals surface area contributed by atoms with Crippen molar-refractivity contribution < 1.29 is 23.4 Å². The molecule has 0 spiro atoms. The van der Waals surface area contributed by atoms with Crippen molar-refractivity contribution in [1.29, 1.82) is 0 Å². The van der Waals surface area contributed by atoms with Crippen LogP contribution >= 0.6 is 0 Å². The third kappa shape index (κ3) is 5.74. The second-order valence-corrected chi connectivity index (χ2v) is 9.62. The van der Waals surface area contributed by atoms with Crippen LogP contribution in [0.5, 0.6) is 17.2 Å². The topological polar surface area (TPSA) is 48.0 Å². The van der Waals surface area contributed by atoms with Gasteiger partial charge in [-0.1, -0.05) is 12.1 Å². The van der Waals surface area contributed by atoms with Gasteiger partial charge < -0.3 is 14.2 Å². The summed E-state index contributed by atoms with van der Waals surface area (Å²) in [5.41, 5.74) is 2.54. The minimum Gasteiger partial charge on any atom is -0.489 e. The maximum atomic E-state index is 12.4. The molecule has 0 N–H and O–H groups in total. The molecule has 2 heterocycles. The Bertz CT molecular complexity index is 1010. The number of hydrogen-bond donors (Lipinski definition) is 0. The van der Waals surface area contributed by atoms with E-state index in [0.29, 0.717) is 24.5 Å². The molecule has 2 aromatic carbocycles. The van der Waals surface area contributed by atoms with Crippen LogP contribution in [0, 0.1) is 5.41 Å². The van der Waals surface area contributed by atoms with Crippen molar-refractivity contribution in [2.24, 2.45) is 5.41 Å². The molecule has 1 unspecified atom stereocenters. The van der Waals surface area contributed by atoms with Crippen molar-refractivity contribution in [3.8, 4) is 17.2 Å². The fraction of sp³-hybridized carbons (Fsp3) is 0.444. The Morgan fingerprint density at radius 1 is 1.15 bits per heavy atom. The van der Waals surface area contributed by atoms with Crippen LogP contribution in [0.1, 0.15) is 44.7 Å². The molecule has 2 aliphatic rings. The third-order valence-electron chi connectivity index (χ3n) is 5.90. The summed E-state index contributed by atoms with van der Waals surface area (Å²) in [5, 5.41) is 0. The maximum absolute atomic E-state index is 12.4. The van der Waals surface area contributed by atoms with Gasteiger partial charge in [-0.2, -0.15) is 0 Å². The number of halogens is 1. The summed E-state index contributed by atoms with van der Waals surface area (Å²) in [6.07, 6.45) is 3.75. The highest BCUT2D eigenvalue weighted by molar-refractivity contribution is 5.85. The molecule has 1 saturated heterocycles. The molecule has 6 heteroatoms. The van der Waals surface area contributed by atoms with Crippen LogP contribution in [0.2, 0.25) is 0 Å². The Hall–Kier alpha value is -2.86. The number of alkyl halides is 1. The normalized spacial score (nSPS) is 18.3. The first-order chi connectivity index (χ1) is 15.8. The van der Waals surface area contributed by atoms with Gasteiger partial charge in [0.2, 0.25) is 0 Å². The molecule has 1 atom stereocenters. The molecular formula is C27H32FNO4. The van der Waals surface area contributed by atoms with Crippen molar-refractivity contribution in [2.75, 3.05) is 32.9 Å². The summed E-state index contributed by atoms with van der Waals surface area (Å²) < 4.78 is 29.9. The second-order valence-electron chi connectivity index (χ2n) is 9.62. The van der Waals surface area contributed by atoms with Gasteiger partial charge in [-0.25, -0.2) is 0 Å². The zero-order chi connectivity index (χ0) is 23.4. The Kier molecular flexibility index (Phi) is 7.03. The highest BCUT2D eigenvalue weighted by Gasteiger charge is 2.25. The molecule has 176 valence electrons. The average Bonchev–Trinajstić information content (AvgIpc) is 3.24. The first-order valence-corrected chi connectivity index (χ1v) is 11.6. The number of likely N-dealkylation sites (tertiary alicyclic amines) is 1. The number of fused-ring (bicyclic) bond motifs is 1. The number of benzene rings is 2. The highest BCUT2D eigenvalue weighted by Crippen LogP contribution is 2.37. The van der Waals surface area contributed by atoms with Gasteiger partial charge in [0.1, 0.15) is 30.0 Å². The molecule has 0 aromatic heterocycles. The molecule has 0 saturated carbocycles. The van der Waals surface area contributed by atoms with Gasteiger partial charge in [0.15, 0.2) is 0 Å². The quantitative estimate of drug-likeness (QED) is 0.422. The lowest BCUT2D eigenvalue weighted by Gasteiger charge is -2.21. The first-order valence-electron chi connectivity index (χ1n) is 11.6. The second kappa shape index (κ2) is 9.96. The van der Waals surface area contributed by atoms with Gasteiger partial charge in [-0.15, -0.1) is 0 Å².